The molecule has 1 fully saturated rings. The first kappa shape index (κ1) is 20.1. The number of benzene rings is 1. The van der Waals surface area contributed by atoms with E-state index in [9.17, 15) is 9.59 Å². The Labute approximate surface area is 169 Å². The topological polar surface area (TPSA) is 64.4 Å². The summed E-state index contributed by atoms with van der Waals surface area (Å²) >= 11 is 5.88. The zero-order chi connectivity index (χ0) is 19.8. The maximum atomic E-state index is 12.6. The molecule has 1 amide bonds. The summed E-state index contributed by atoms with van der Waals surface area (Å²) in [6.45, 7) is 1.64. The lowest BCUT2D eigenvalue weighted by atomic mass is 10.0. The van der Waals surface area contributed by atoms with E-state index in [0.29, 0.717) is 31.0 Å². The molecule has 1 aromatic heterocycles. The molecular formula is C21H24ClN3O3. The monoisotopic (exact) mass is 401 g/mol. The lowest BCUT2D eigenvalue weighted by molar-refractivity contribution is -0.155. The summed E-state index contributed by atoms with van der Waals surface area (Å²) in [7, 11) is 0. The minimum absolute atomic E-state index is 0.171. The van der Waals surface area contributed by atoms with Gasteiger partial charge in [-0.15, -0.1) is 0 Å². The molecule has 1 saturated heterocycles. The van der Waals surface area contributed by atoms with Gasteiger partial charge in [-0.3, -0.25) is 4.79 Å². The number of ether oxygens (including phenoxy) is 1. The molecule has 1 aliphatic heterocycles. The Morgan fingerprint density at radius 2 is 2.07 bits per heavy atom. The average Bonchev–Trinajstić information content (AvgIpc) is 3.24. The number of nitrogens with zero attached hydrogens (tertiary/aromatic N) is 3. The van der Waals surface area contributed by atoms with Crippen LogP contribution in [0.25, 0.3) is 6.08 Å². The van der Waals surface area contributed by atoms with Crippen LogP contribution in [0.15, 0.2) is 49.1 Å². The van der Waals surface area contributed by atoms with E-state index in [-0.39, 0.29) is 11.9 Å². The molecule has 7 heteroatoms. The van der Waals surface area contributed by atoms with Crippen LogP contribution in [0.5, 0.6) is 0 Å². The second kappa shape index (κ2) is 10.1. The number of halogens is 1. The number of aryl methyl sites for hydroxylation is 1. The smallest absolute Gasteiger partial charge is 0.328 e. The lowest BCUT2D eigenvalue weighted by Crippen LogP contribution is -2.48. The van der Waals surface area contributed by atoms with Gasteiger partial charge in [-0.2, -0.15) is 0 Å². The fraction of sp³-hybridized carbons (Fsp3) is 0.381. The largest absolute Gasteiger partial charge is 0.464 e. The summed E-state index contributed by atoms with van der Waals surface area (Å²) < 4.78 is 7.37. The maximum absolute atomic E-state index is 12.6. The fourth-order valence-corrected chi connectivity index (χ4v) is 3.34. The highest BCUT2D eigenvalue weighted by Gasteiger charge is 2.32. The number of hydrogen-bond donors (Lipinski definition) is 0. The molecule has 1 aliphatic rings. The van der Waals surface area contributed by atoms with Gasteiger partial charge in [0.25, 0.3) is 0 Å². The third-order valence-electron chi connectivity index (χ3n) is 4.71. The standard InChI is InChI=1S/C21H24ClN3O3/c22-18-8-5-17(6-9-18)7-10-20(26)25-13-2-1-4-19(25)21(27)28-15-3-12-24-14-11-23-16-24/h5-11,14,16,19H,1-4,12-13,15H2/b10-7+. The predicted molar refractivity (Wildman–Crippen MR) is 108 cm³/mol. The summed E-state index contributed by atoms with van der Waals surface area (Å²) in [5.74, 6) is -0.492. The maximum Gasteiger partial charge on any atom is 0.328 e. The van der Waals surface area contributed by atoms with Gasteiger partial charge in [0.2, 0.25) is 5.91 Å². The van der Waals surface area contributed by atoms with Gasteiger partial charge in [0.1, 0.15) is 6.04 Å². The Hall–Kier alpha value is -2.60. The van der Waals surface area contributed by atoms with Crippen molar-refractivity contribution >= 4 is 29.6 Å². The van der Waals surface area contributed by atoms with Gasteiger partial charge >= 0.3 is 5.97 Å². The molecule has 148 valence electrons. The second-order valence-electron chi connectivity index (χ2n) is 6.75. The van der Waals surface area contributed by atoms with E-state index in [1.165, 1.54) is 6.08 Å². The first-order chi connectivity index (χ1) is 13.6. The van der Waals surface area contributed by atoms with Crippen LogP contribution in [-0.2, 0) is 20.9 Å². The Morgan fingerprint density at radius 1 is 1.25 bits per heavy atom. The highest BCUT2D eigenvalue weighted by molar-refractivity contribution is 6.30. The molecule has 0 N–H and O–H groups in total. The van der Waals surface area contributed by atoms with Crippen LogP contribution in [0.2, 0.25) is 5.02 Å². The molecule has 2 aromatic rings. The number of esters is 1. The van der Waals surface area contributed by atoms with Gasteiger partial charge in [0, 0.05) is 36.6 Å². The van der Waals surface area contributed by atoms with Crippen molar-refractivity contribution in [2.45, 2.75) is 38.3 Å². The Bertz CT molecular complexity index is 803. The third kappa shape index (κ3) is 5.70. The normalized spacial score (nSPS) is 17.0. The number of likely N-dealkylation sites (tertiary alicyclic amines) is 1. The molecule has 1 atom stereocenters. The van der Waals surface area contributed by atoms with Crippen molar-refractivity contribution in [1.82, 2.24) is 14.5 Å². The number of carbonyl (C=O) groups excluding carboxylic acids is 2. The zero-order valence-electron chi connectivity index (χ0n) is 15.7. The van der Waals surface area contributed by atoms with Crippen molar-refractivity contribution in [3.63, 3.8) is 0 Å². The van der Waals surface area contributed by atoms with Crippen molar-refractivity contribution in [3.8, 4) is 0 Å². The summed E-state index contributed by atoms with van der Waals surface area (Å²) in [6.07, 6.45) is 11.7. The van der Waals surface area contributed by atoms with Crippen molar-refractivity contribution in [3.05, 3.63) is 59.6 Å². The van der Waals surface area contributed by atoms with Gasteiger partial charge in [-0.25, -0.2) is 9.78 Å². The average molecular weight is 402 g/mol. The van der Waals surface area contributed by atoms with Crippen molar-refractivity contribution in [2.24, 2.45) is 0 Å². The van der Waals surface area contributed by atoms with Crippen LogP contribution in [0, 0.1) is 0 Å². The van der Waals surface area contributed by atoms with E-state index < -0.39 is 6.04 Å². The van der Waals surface area contributed by atoms with E-state index in [1.54, 1.807) is 35.6 Å². The Kier molecular flexibility index (Phi) is 7.25. The SMILES string of the molecule is O=C(OCCCn1ccnc1)C1CCCCN1C(=O)/C=C/c1ccc(Cl)cc1. The molecular weight excluding hydrogens is 378 g/mol. The van der Waals surface area contributed by atoms with E-state index in [2.05, 4.69) is 4.98 Å². The molecule has 2 heterocycles. The fourth-order valence-electron chi connectivity index (χ4n) is 3.21. The summed E-state index contributed by atoms with van der Waals surface area (Å²) in [4.78, 5) is 30.7. The van der Waals surface area contributed by atoms with Crippen LogP contribution in [-0.4, -0.2) is 45.5 Å². The molecule has 0 radical (unpaired) electrons. The van der Waals surface area contributed by atoms with Gasteiger partial charge in [-0.1, -0.05) is 23.7 Å². The molecule has 3 rings (SSSR count). The number of hydrogen-bond acceptors (Lipinski definition) is 4. The Balaban J connectivity index is 1.52. The molecule has 1 unspecified atom stereocenters. The van der Waals surface area contributed by atoms with Crippen LogP contribution in [0.3, 0.4) is 0 Å². The van der Waals surface area contributed by atoms with Crippen molar-refractivity contribution in [1.29, 1.82) is 0 Å². The molecule has 1 aromatic carbocycles. The molecule has 28 heavy (non-hydrogen) atoms. The number of rotatable bonds is 7. The molecule has 0 saturated carbocycles. The number of amides is 1. The third-order valence-corrected chi connectivity index (χ3v) is 4.96. The minimum atomic E-state index is -0.510. The van der Waals surface area contributed by atoms with Gasteiger partial charge in [0.05, 0.1) is 12.9 Å². The van der Waals surface area contributed by atoms with E-state index in [1.807, 2.05) is 22.9 Å². The highest BCUT2D eigenvalue weighted by atomic mass is 35.5. The number of piperidine rings is 1. The minimum Gasteiger partial charge on any atom is -0.464 e. The zero-order valence-corrected chi connectivity index (χ0v) is 16.4. The van der Waals surface area contributed by atoms with Crippen LogP contribution < -0.4 is 0 Å². The summed E-state index contributed by atoms with van der Waals surface area (Å²) in [5, 5.41) is 0.648. The van der Waals surface area contributed by atoms with Crippen molar-refractivity contribution < 1.29 is 14.3 Å². The van der Waals surface area contributed by atoms with Gasteiger partial charge in [0.15, 0.2) is 0 Å². The molecule has 0 aliphatic carbocycles. The second-order valence-corrected chi connectivity index (χ2v) is 7.19. The molecule has 0 bridgehead atoms. The summed E-state index contributed by atoms with van der Waals surface area (Å²) in [5.41, 5.74) is 0.883. The highest BCUT2D eigenvalue weighted by Crippen LogP contribution is 2.19. The molecule has 6 nitrogen and oxygen atoms in total. The van der Waals surface area contributed by atoms with Gasteiger partial charge in [-0.05, 0) is 49.5 Å². The predicted octanol–water partition coefficient (Wildman–Crippen LogP) is 3.56. The van der Waals surface area contributed by atoms with Gasteiger partial charge < -0.3 is 14.2 Å². The van der Waals surface area contributed by atoms with Crippen molar-refractivity contribution in [2.75, 3.05) is 13.2 Å². The van der Waals surface area contributed by atoms with E-state index in [4.69, 9.17) is 16.3 Å². The van der Waals surface area contributed by atoms with Crippen LogP contribution >= 0.6 is 11.6 Å². The summed E-state index contributed by atoms with van der Waals surface area (Å²) in [6, 6.07) is 6.72. The van der Waals surface area contributed by atoms with Crippen LogP contribution in [0.1, 0.15) is 31.2 Å². The number of aromatic nitrogens is 2. The lowest BCUT2D eigenvalue weighted by Gasteiger charge is -2.33. The Morgan fingerprint density at radius 3 is 2.82 bits per heavy atom. The first-order valence-corrected chi connectivity index (χ1v) is 9.88. The first-order valence-electron chi connectivity index (χ1n) is 9.50. The van der Waals surface area contributed by atoms with Crippen LogP contribution in [0.4, 0.5) is 0 Å². The number of carbonyl (C=O) groups is 2. The van der Waals surface area contributed by atoms with E-state index in [0.717, 1.165) is 24.9 Å². The number of imidazole rings is 1. The van der Waals surface area contributed by atoms with E-state index >= 15 is 0 Å². The molecule has 0 spiro atoms. The quantitative estimate of drug-likeness (QED) is 0.404.